The van der Waals surface area contributed by atoms with Gasteiger partial charge in [0.1, 0.15) is 35.6 Å². The minimum absolute atomic E-state index is 0.0563. The van der Waals surface area contributed by atoms with Crippen LogP contribution in [0.25, 0.3) is 11.0 Å². The van der Waals surface area contributed by atoms with E-state index < -0.39 is 84.2 Å². The number of esters is 1. The van der Waals surface area contributed by atoms with Gasteiger partial charge in [-0.2, -0.15) is 0 Å². The van der Waals surface area contributed by atoms with E-state index in [-0.39, 0.29) is 24.6 Å². The van der Waals surface area contributed by atoms with E-state index in [2.05, 4.69) is 31.9 Å². The number of aromatic hydroxyl groups is 1. The van der Waals surface area contributed by atoms with E-state index in [9.17, 15) is 44.4 Å². The fourth-order valence-electron chi connectivity index (χ4n) is 5.76. The number of fused-ring (bicyclic) bond motifs is 1. The van der Waals surface area contributed by atoms with Crippen LogP contribution >= 0.6 is 0 Å². The average molecular weight is 785 g/mol. The lowest BCUT2D eigenvalue weighted by Crippen LogP contribution is -2.61. The summed E-state index contributed by atoms with van der Waals surface area (Å²) in [7, 11) is 0. The van der Waals surface area contributed by atoms with E-state index in [0.29, 0.717) is 22.2 Å². The van der Waals surface area contributed by atoms with Gasteiger partial charge in [-0.25, -0.2) is 4.79 Å². The van der Waals surface area contributed by atoms with Crippen molar-refractivity contribution in [3.8, 4) is 5.75 Å². The SMILES string of the molecule is CC(=O)NC(Cc1ccc(O)cc1)C(O)NC(C(=O)NC(C)C(O)NC(CC(=O)OC(C)(C)C)C(=O)NCC(O)Nc1ccc2c(C)cc(=O)oc2c1)C(C)C. The fourth-order valence-corrected chi connectivity index (χ4v) is 5.76. The van der Waals surface area contributed by atoms with E-state index in [1.54, 1.807) is 65.8 Å². The van der Waals surface area contributed by atoms with Crippen molar-refractivity contribution in [3.05, 3.63) is 70.1 Å². The molecular weight excluding hydrogens is 728 g/mol. The lowest BCUT2D eigenvalue weighted by Gasteiger charge is -2.32. The molecule has 56 heavy (non-hydrogen) atoms. The predicted molar refractivity (Wildman–Crippen MR) is 208 cm³/mol. The second-order valence-electron chi connectivity index (χ2n) is 15.1. The van der Waals surface area contributed by atoms with Gasteiger partial charge in [-0.3, -0.25) is 29.8 Å². The number of benzene rings is 2. The number of rotatable bonds is 19. The highest BCUT2D eigenvalue weighted by Gasteiger charge is 2.33. The van der Waals surface area contributed by atoms with Crippen LogP contribution < -0.4 is 37.5 Å². The Morgan fingerprint density at radius 1 is 0.875 bits per heavy atom. The topological polar surface area (TPSA) is 261 Å². The Kier molecular flexibility index (Phi) is 16.3. The van der Waals surface area contributed by atoms with Crippen LogP contribution in [0.5, 0.6) is 5.75 Å². The summed E-state index contributed by atoms with van der Waals surface area (Å²) < 4.78 is 10.6. The third-order valence-corrected chi connectivity index (χ3v) is 8.54. The van der Waals surface area contributed by atoms with Gasteiger partial charge in [0.15, 0.2) is 0 Å². The fraction of sp³-hybridized carbons (Fsp3) is 0.513. The zero-order valence-corrected chi connectivity index (χ0v) is 33.0. The van der Waals surface area contributed by atoms with E-state index >= 15 is 0 Å². The van der Waals surface area contributed by atoms with Crippen molar-refractivity contribution in [3.63, 3.8) is 0 Å². The van der Waals surface area contributed by atoms with Crippen molar-refractivity contribution < 1.29 is 48.8 Å². The number of aryl methyl sites for hydroxylation is 1. The maximum atomic E-state index is 13.5. The van der Waals surface area contributed by atoms with Gasteiger partial charge >= 0.3 is 11.6 Å². The van der Waals surface area contributed by atoms with Crippen LogP contribution in [0.1, 0.15) is 66.0 Å². The summed E-state index contributed by atoms with van der Waals surface area (Å²) in [5, 5.41) is 59.4. The number of phenolic OH excluding ortho intramolecular Hbond substituents is 1. The molecule has 0 fully saturated rings. The number of aliphatic hydroxyl groups is 3. The first-order valence-electron chi connectivity index (χ1n) is 18.3. The van der Waals surface area contributed by atoms with Crippen molar-refractivity contribution in [2.24, 2.45) is 5.92 Å². The Bertz CT molecular complexity index is 1860. The molecule has 0 saturated heterocycles. The lowest BCUT2D eigenvalue weighted by molar-refractivity contribution is -0.157. The van der Waals surface area contributed by atoms with Gasteiger partial charge in [0.2, 0.25) is 17.7 Å². The van der Waals surface area contributed by atoms with Crippen molar-refractivity contribution in [2.45, 2.75) is 117 Å². The number of phenols is 1. The Morgan fingerprint density at radius 3 is 2.14 bits per heavy atom. The van der Waals surface area contributed by atoms with Crippen LogP contribution in [-0.4, -0.2) is 99.1 Å². The Morgan fingerprint density at radius 2 is 1.54 bits per heavy atom. The largest absolute Gasteiger partial charge is 0.508 e. The molecule has 17 nitrogen and oxygen atoms in total. The van der Waals surface area contributed by atoms with Crippen LogP contribution in [0.3, 0.4) is 0 Å². The van der Waals surface area contributed by atoms with Gasteiger partial charge < -0.3 is 50.8 Å². The molecule has 3 rings (SSSR count). The maximum Gasteiger partial charge on any atom is 0.336 e. The van der Waals surface area contributed by atoms with Crippen LogP contribution in [0.2, 0.25) is 0 Å². The molecule has 0 aliphatic carbocycles. The molecule has 1 heterocycles. The molecule has 0 saturated carbocycles. The maximum absolute atomic E-state index is 13.5. The van der Waals surface area contributed by atoms with Crippen LogP contribution in [-0.2, 0) is 30.3 Å². The van der Waals surface area contributed by atoms with Gasteiger partial charge in [0.25, 0.3) is 0 Å². The van der Waals surface area contributed by atoms with Crippen LogP contribution in [0, 0.1) is 12.8 Å². The molecule has 3 aromatic rings. The number of anilines is 1. The summed E-state index contributed by atoms with van der Waals surface area (Å²) in [4.78, 5) is 63.5. The van der Waals surface area contributed by atoms with E-state index in [0.717, 1.165) is 5.56 Å². The van der Waals surface area contributed by atoms with Crippen molar-refractivity contribution in [1.29, 1.82) is 0 Å². The minimum atomic E-state index is -1.57. The Labute approximate surface area is 325 Å². The standard InChI is InChI=1S/C39H56N6O11/c1-20(2)34(45-37(53)28(42-23(5)46)16-24-9-12-26(47)13-10-24)38(54)41-22(4)35(51)44-29(18-33(50)56-39(6,7)8)36(52)40-19-31(48)43-25-11-14-27-21(3)15-32(49)55-30(27)17-25/h9-15,17,20,22,28-29,31,34-35,37,43-45,47-48,51,53H,16,18-19H2,1-8H3,(H,40,52)(H,41,54)(H,42,46). The van der Waals surface area contributed by atoms with Gasteiger partial charge in [-0.15, -0.1) is 0 Å². The van der Waals surface area contributed by atoms with E-state index in [4.69, 9.17) is 9.15 Å². The molecule has 0 radical (unpaired) electrons. The number of carbonyl (C=O) groups excluding carboxylic acids is 4. The summed E-state index contributed by atoms with van der Waals surface area (Å²) in [6, 6.07) is 8.26. The first-order chi connectivity index (χ1) is 26.1. The summed E-state index contributed by atoms with van der Waals surface area (Å²) in [6.45, 7) is 12.6. The smallest absolute Gasteiger partial charge is 0.336 e. The zero-order chi connectivity index (χ0) is 41.9. The first kappa shape index (κ1) is 45.3. The summed E-state index contributed by atoms with van der Waals surface area (Å²) >= 11 is 0. The van der Waals surface area contributed by atoms with Crippen molar-refractivity contribution in [2.75, 3.05) is 11.9 Å². The van der Waals surface area contributed by atoms with Crippen molar-refractivity contribution >= 4 is 40.3 Å². The molecular formula is C39H56N6O11. The molecule has 3 amide bonds. The highest BCUT2D eigenvalue weighted by atomic mass is 16.6. The Hall–Kier alpha value is -5.07. The molecule has 0 bridgehead atoms. The number of hydrogen-bond donors (Lipinski definition) is 10. The number of aliphatic hydroxyl groups excluding tert-OH is 3. The van der Waals surface area contributed by atoms with Crippen LogP contribution in [0.4, 0.5) is 5.69 Å². The summed E-state index contributed by atoms with van der Waals surface area (Å²) in [6.07, 6.45) is -4.62. The monoisotopic (exact) mass is 784 g/mol. The third-order valence-electron chi connectivity index (χ3n) is 8.54. The first-order valence-corrected chi connectivity index (χ1v) is 18.3. The number of nitrogens with one attached hydrogen (secondary N) is 6. The molecule has 10 N–H and O–H groups in total. The van der Waals surface area contributed by atoms with Gasteiger partial charge in [0, 0.05) is 30.1 Å². The number of hydrogen-bond acceptors (Lipinski definition) is 14. The summed E-state index contributed by atoms with van der Waals surface area (Å²) in [5.74, 6) is -2.85. The van der Waals surface area contributed by atoms with Crippen LogP contribution in [0.15, 0.2) is 57.7 Å². The van der Waals surface area contributed by atoms with Gasteiger partial charge in [-0.05, 0) is 82.3 Å². The number of ether oxygens (including phenoxy) is 1. The molecule has 308 valence electrons. The average Bonchev–Trinajstić information content (AvgIpc) is 3.08. The molecule has 2 aromatic carbocycles. The highest BCUT2D eigenvalue weighted by Crippen LogP contribution is 2.21. The van der Waals surface area contributed by atoms with Gasteiger partial charge in [-0.1, -0.05) is 26.0 Å². The predicted octanol–water partition coefficient (Wildman–Crippen LogP) is 0.847. The molecule has 0 aliphatic heterocycles. The van der Waals surface area contributed by atoms with Crippen molar-refractivity contribution in [1.82, 2.24) is 26.6 Å². The zero-order valence-electron chi connectivity index (χ0n) is 33.0. The Balaban J connectivity index is 1.67. The summed E-state index contributed by atoms with van der Waals surface area (Å²) in [5.41, 5.74) is 0.746. The molecule has 1 aromatic heterocycles. The quantitative estimate of drug-likeness (QED) is 0.0459. The number of carbonyl (C=O) groups is 4. The van der Waals surface area contributed by atoms with E-state index in [1.165, 1.54) is 38.1 Å². The molecule has 0 spiro atoms. The molecule has 7 unspecified atom stereocenters. The minimum Gasteiger partial charge on any atom is -0.508 e. The molecule has 7 atom stereocenters. The highest BCUT2D eigenvalue weighted by molar-refractivity contribution is 5.87. The molecule has 17 heteroatoms. The molecule has 0 aliphatic rings. The number of amides is 3. The lowest BCUT2D eigenvalue weighted by atomic mass is 10.00. The second-order valence-corrected chi connectivity index (χ2v) is 15.1. The second kappa shape index (κ2) is 20.2. The normalized spacial score (nSPS) is 15.5. The third kappa shape index (κ3) is 14.5. The van der Waals surface area contributed by atoms with E-state index in [1.807, 2.05) is 0 Å². The van der Waals surface area contributed by atoms with Gasteiger partial charge in [0.05, 0.1) is 37.1 Å².